The van der Waals surface area contributed by atoms with Crippen LogP contribution in [-0.2, 0) is 26.1 Å². The van der Waals surface area contributed by atoms with E-state index in [1.807, 2.05) is 12.1 Å². The molecule has 0 spiro atoms. The molecule has 1 fully saturated rings. The van der Waals surface area contributed by atoms with Crippen LogP contribution in [0.2, 0.25) is 0 Å². The Hall–Kier alpha value is -2.82. The fourth-order valence-corrected chi connectivity index (χ4v) is 4.75. The molecule has 1 aromatic carbocycles. The standard InChI is InChI=1S/C23H30N4O5S/c1-17-5-6-20(33(30,31)26-10-13-32-2)14-21(17)23(29)27-11-7-19(8-12-27)22(28)25-16-18-4-3-9-24-15-18/h3-6,9,14-15,19,26H,7-8,10-13,16H2,1-2H3,(H,25,28). The Kier molecular flexibility index (Phi) is 8.54. The molecule has 0 unspecified atom stereocenters. The first-order valence-corrected chi connectivity index (χ1v) is 12.4. The lowest BCUT2D eigenvalue weighted by Crippen LogP contribution is -2.43. The van der Waals surface area contributed by atoms with E-state index in [-0.39, 0.29) is 35.8 Å². The minimum atomic E-state index is -3.74. The van der Waals surface area contributed by atoms with Gasteiger partial charge < -0.3 is 15.0 Å². The van der Waals surface area contributed by atoms with Crippen molar-refractivity contribution in [1.29, 1.82) is 0 Å². The molecule has 0 bridgehead atoms. The van der Waals surface area contributed by atoms with Gasteiger partial charge in [0, 0.05) is 57.2 Å². The van der Waals surface area contributed by atoms with Crippen LogP contribution in [0.3, 0.4) is 0 Å². The van der Waals surface area contributed by atoms with Crippen molar-refractivity contribution in [1.82, 2.24) is 19.9 Å². The number of carbonyl (C=O) groups is 2. The van der Waals surface area contributed by atoms with Crippen LogP contribution in [0.4, 0.5) is 0 Å². The van der Waals surface area contributed by atoms with Crippen molar-refractivity contribution in [2.24, 2.45) is 5.92 Å². The van der Waals surface area contributed by atoms with Crippen LogP contribution in [0.15, 0.2) is 47.6 Å². The summed E-state index contributed by atoms with van der Waals surface area (Å²) in [6.07, 6.45) is 4.51. The predicted molar refractivity (Wildman–Crippen MR) is 123 cm³/mol. The van der Waals surface area contributed by atoms with E-state index in [2.05, 4.69) is 15.0 Å². The highest BCUT2D eigenvalue weighted by Crippen LogP contribution is 2.22. The number of amides is 2. The molecule has 9 nitrogen and oxygen atoms in total. The van der Waals surface area contributed by atoms with Crippen molar-refractivity contribution >= 4 is 21.8 Å². The van der Waals surface area contributed by atoms with Crippen LogP contribution >= 0.6 is 0 Å². The molecule has 0 radical (unpaired) electrons. The number of pyridine rings is 1. The summed E-state index contributed by atoms with van der Waals surface area (Å²) in [6.45, 7) is 3.47. The topological polar surface area (TPSA) is 118 Å². The summed E-state index contributed by atoms with van der Waals surface area (Å²) in [5.41, 5.74) is 1.98. The maximum absolute atomic E-state index is 13.1. The van der Waals surface area contributed by atoms with Crippen LogP contribution < -0.4 is 10.0 Å². The number of methoxy groups -OCH3 is 1. The monoisotopic (exact) mass is 474 g/mol. The van der Waals surface area contributed by atoms with Crippen molar-refractivity contribution in [3.63, 3.8) is 0 Å². The lowest BCUT2D eigenvalue weighted by atomic mass is 9.95. The molecular formula is C23H30N4O5S. The van der Waals surface area contributed by atoms with Gasteiger partial charge in [-0.05, 0) is 49.1 Å². The molecule has 178 valence electrons. The summed E-state index contributed by atoms with van der Waals surface area (Å²) in [4.78, 5) is 31.4. The quantitative estimate of drug-likeness (QED) is 0.532. The van der Waals surface area contributed by atoms with Gasteiger partial charge in [0.1, 0.15) is 0 Å². The Balaban J connectivity index is 1.59. The van der Waals surface area contributed by atoms with Crippen molar-refractivity contribution in [2.75, 3.05) is 33.4 Å². The van der Waals surface area contributed by atoms with E-state index in [4.69, 9.17) is 4.74 Å². The normalized spacial score (nSPS) is 14.8. The van der Waals surface area contributed by atoms with Gasteiger partial charge >= 0.3 is 0 Å². The first kappa shape index (κ1) is 24.8. The summed E-state index contributed by atoms with van der Waals surface area (Å²) in [5, 5.41) is 2.93. The molecule has 3 rings (SSSR count). The van der Waals surface area contributed by atoms with Crippen LogP contribution in [0.25, 0.3) is 0 Å². The molecule has 2 heterocycles. The third-order valence-electron chi connectivity index (χ3n) is 5.69. The predicted octanol–water partition coefficient (Wildman–Crippen LogP) is 1.48. The number of carbonyl (C=O) groups excluding carboxylic acids is 2. The second-order valence-electron chi connectivity index (χ2n) is 8.01. The average Bonchev–Trinajstić information content (AvgIpc) is 2.83. The Morgan fingerprint density at radius 1 is 1.21 bits per heavy atom. The minimum absolute atomic E-state index is 0.0302. The zero-order chi connectivity index (χ0) is 23.8. The smallest absolute Gasteiger partial charge is 0.254 e. The van der Waals surface area contributed by atoms with Gasteiger partial charge in [0.05, 0.1) is 11.5 Å². The van der Waals surface area contributed by atoms with Gasteiger partial charge in [-0.3, -0.25) is 14.6 Å². The van der Waals surface area contributed by atoms with Crippen molar-refractivity contribution < 1.29 is 22.7 Å². The second kappa shape index (κ2) is 11.4. The average molecular weight is 475 g/mol. The lowest BCUT2D eigenvalue weighted by molar-refractivity contribution is -0.126. The minimum Gasteiger partial charge on any atom is -0.383 e. The number of benzene rings is 1. The maximum atomic E-state index is 13.1. The molecule has 10 heteroatoms. The lowest BCUT2D eigenvalue weighted by Gasteiger charge is -2.31. The first-order chi connectivity index (χ1) is 15.8. The van der Waals surface area contributed by atoms with Crippen LogP contribution in [0.5, 0.6) is 0 Å². The Morgan fingerprint density at radius 3 is 2.64 bits per heavy atom. The number of hydrogen-bond donors (Lipinski definition) is 2. The van der Waals surface area contributed by atoms with E-state index < -0.39 is 10.0 Å². The van der Waals surface area contributed by atoms with E-state index in [9.17, 15) is 18.0 Å². The van der Waals surface area contributed by atoms with E-state index in [1.165, 1.54) is 19.2 Å². The summed E-state index contributed by atoms with van der Waals surface area (Å²) in [6, 6.07) is 8.26. The Morgan fingerprint density at radius 2 is 1.97 bits per heavy atom. The molecule has 1 aliphatic rings. The number of ether oxygens (including phenoxy) is 1. The SMILES string of the molecule is COCCNS(=O)(=O)c1ccc(C)c(C(=O)N2CCC(C(=O)NCc3cccnc3)CC2)c1. The van der Waals surface area contributed by atoms with E-state index >= 15 is 0 Å². The number of sulfonamides is 1. The summed E-state index contributed by atoms with van der Waals surface area (Å²) < 4.78 is 32.4. The number of likely N-dealkylation sites (tertiary alicyclic amines) is 1. The zero-order valence-electron chi connectivity index (χ0n) is 18.9. The third kappa shape index (κ3) is 6.59. The van der Waals surface area contributed by atoms with E-state index in [1.54, 1.807) is 30.3 Å². The highest BCUT2D eigenvalue weighted by Gasteiger charge is 2.29. The Bertz CT molecular complexity index is 1070. The molecule has 1 saturated heterocycles. The second-order valence-corrected chi connectivity index (χ2v) is 9.78. The molecule has 2 aromatic rings. The molecule has 1 aromatic heterocycles. The molecule has 1 aliphatic heterocycles. The summed E-state index contributed by atoms with van der Waals surface area (Å²) in [7, 11) is -2.25. The largest absolute Gasteiger partial charge is 0.383 e. The zero-order valence-corrected chi connectivity index (χ0v) is 19.7. The molecule has 0 saturated carbocycles. The molecule has 0 atom stereocenters. The van der Waals surface area contributed by atoms with E-state index in [0.717, 1.165) is 5.56 Å². The number of hydrogen-bond acceptors (Lipinski definition) is 6. The van der Waals surface area contributed by atoms with Gasteiger partial charge in [0.2, 0.25) is 15.9 Å². The Labute approximate surface area is 194 Å². The van der Waals surface area contributed by atoms with Crippen LogP contribution in [-0.4, -0.2) is 63.5 Å². The van der Waals surface area contributed by atoms with Crippen LogP contribution in [0, 0.1) is 12.8 Å². The summed E-state index contributed by atoms with van der Waals surface area (Å²) >= 11 is 0. The van der Waals surface area contributed by atoms with Crippen LogP contribution in [0.1, 0.15) is 34.3 Å². The maximum Gasteiger partial charge on any atom is 0.254 e. The molecule has 33 heavy (non-hydrogen) atoms. The number of aryl methyl sites for hydroxylation is 1. The first-order valence-electron chi connectivity index (χ1n) is 10.9. The van der Waals surface area contributed by atoms with Gasteiger partial charge in [-0.2, -0.15) is 0 Å². The number of aromatic nitrogens is 1. The molecular weight excluding hydrogens is 444 g/mol. The van der Waals surface area contributed by atoms with Gasteiger partial charge in [-0.1, -0.05) is 12.1 Å². The fourth-order valence-electron chi connectivity index (χ4n) is 3.71. The van der Waals surface area contributed by atoms with Crippen molar-refractivity contribution in [3.05, 3.63) is 59.4 Å². The van der Waals surface area contributed by atoms with Gasteiger partial charge in [0.25, 0.3) is 5.91 Å². The number of nitrogens with zero attached hydrogens (tertiary/aromatic N) is 2. The molecule has 0 aliphatic carbocycles. The fraction of sp³-hybridized carbons (Fsp3) is 0.435. The number of rotatable bonds is 9. The highest BCUT2D eigenvalue weighted by atomic mass is 32.2. The van der Waals surface area contributed by atoms with Gasteiger partial charge in [-0.15, -0.1) is 0 Å². The number of nitrogens with one attached hydrogen (secondary N) is 2. The van der Waals surface area contributed by atoms with Gasteiger partial charge in [0.15, 0.2) is 0 Å². The molecule has 2 N–H and O–H groups in total. The molecule has 2 amide bonds. The van der Waals surface area contributed by atoms with Gasteiger partial charge in [-0.25, -0.2) is 13.1 Å². The van der Waals surface area contributed by atoms with E-state index in [0.29, 0.717) is 43.6 Å². The number of piperidine rings is 1. The highest BCUT2D eigenvalue weighted by molar-refractivity contribution is 7.89. The third-order valence-corrected chi connectivity index (χ3v) is 7.15. The van der Waals surface area contributed by atoms with Crippen molar-refractivity contribution in [3.8, 4) is 0 Å². The van der Waals surface area contributed by atoms with Crippen molar-refractivity contribution in [2.45, 2.75) is 31.2 Å². The summed E-state index contributed by atoms with van der Waals surface area (Å²) in [5.74, 6) is -0.420.